The predicted octanol–water partition coefficient (Wildman–Crippen LogP) is 4.03. The Morgan fingerprint density at radius 1 is 0.923 bits per heavy atom. The lowest BCUT2D eigenvalue weighted by Gasteiger charge is -2.15. The van der Waals surface area contributed by atoms with Gasteiger partial charge in [0.05, 0.1) is 7.11 Å². The zero-order valence-corrected chi connectivity index (χ0v) is 13.9. The first-order valence-corrected chi connectivity index (χ1v) is 7.76. The number of hydrogen-bond donors (Lipinski definition) is 1. The average Bonchev–Trinajstić information content (AvgIpc) is 2.69. The molecule has 0 amide bonds. The van der Waals surface area contributed by atoms with E-state index in [0.29, 0.717) is 28.6 Å². The largest absolute Gasteiger partial charge is 0.481 e. The van der Waals surface area contributed by atoms with Crippen LogP contribution in [-0.2, 0) is 5.92 Å². The topological polar surface area (TPSA) is 64.5 Å². The molecule has 1 N–H and O–H groups in total. The van der Waals surface area contributed by atoms with Gasteiger partial charge in [0.25, 0.3) is 5.92 Å². The summed E-state index contributed by atoms with van der Waals surface area (Å²) in [6.07, 6.45) is 3.18. The number of pyridine rings is 2. The number of rotatable bonds is 6. The minimum atomic E-state index is -3.29. The van der Waals surface area contributed by atoms with Crippen molar-refractivity contribution in [3.8, 4) is 28.6 Å². The molecule has 2 aromatic heterocycles. The van der Waals surface area contributed by atoms with E-state index in [4.69, 9.17) is 14.6 Å². The number of benzene rings is 1. The summed E-state index contributed by atoms with van der Waals surface area (Å²) < 4.78 is 38.0. The second kappa shape index (κ2) is 7.45. The van der Waals surface area contributed by atoms with Crippen molar-refractivity contribution in [1.29, 1.82) is 0 Å². The van der Waals surface area contributed by atoms with Gasteiger partial charge < -0.3 is 14.6 Å². The summed E-state index contributed by atoms with van der Waals surface area (Å²) >= 11 is 0. The zero-order valence-electron chi connectivity index (χ0n) is 13.9. The van der Waals surface area contributed by atoms with Crippen LogP contribution >= 0.6 is 0 Å². The first kappa shape index (κ1) is 17.8. The molecular weight excluding hydrogens is 342 g/mol. The highest BCUT2D eigenvalue weighted by Crippen LogP contribution is 2.36. The summed E-state index contributed by atoms with van der Waals surface area (Å²) in [5, 5.41) is 8.75. The maximum atomic E-state index is 13.5. The molecule has 1 aromatic carbocycles. The summed E-state index contributed by atoms with van der Waals surface area (Å²) in [7, 11) is 1.52. The minimum Gasteiger partial charge on any atom is -0.481 e. The van der Waals surface area contributed by atoms with Crippen molar-refractivity contribution in [3.63, 3.8) is 0 Å². The molecule has 0 atom stereocenters. The van der Waals surface area contributed by atoms with Crippen molar-refractivity contribution in [3.05, 3.63) is 66.5 Å². The molecule has 0 aliphatic rings. The Labute approximate surface area is 148 Å². The highest BCUT2D eigenvalue weighted by atomic mass is 19.3. The fourth-order valence-corrected chi connectivity index (χ4v) is 2.41. The van der Waals surface area contributed by atoms with E-state index in [0.717, 1.165) is 0 Å². The van der Waals surface area contributed by atoms with E-state index in [-0.39, 0.29) is 5.56 Å². The van der Waals surface area contributed by atoms with Gasteiger partial charge in [-0.05, 0) is 48.5 Å². The third-order valence-electron chi connectivity index (χ3n) is 3.72. The van der Waals surface area contributed by atoms with Crippen LogP contribution in [0.15, 0.2) is 60.9 Å². The van der Waals surface area contributed by atoms with Crippen molar-refractivity contribution in [1.82, 2.24) is 9.97 Å². The Bertz CT molecular complexity index is 886. The van der Waals surface area contributed by atoms with Gasteiger partial charge in [-0.15, -0.1) is 0 Å². The number of halogens is 2. The highest BCUT2D eigenvalue weighted by molar-refractivity contribution is 5.73. The lowest BCUT2D eigenvalue weighted by molar-refractivity contribution is -0.0556. The van der Waals surface area contributed by atoms with Crippen molar-refractivity contribution in [2.24, 2.45) is 0 Å². The SMILES string of the molecule is COc1ncccc1-c1cccnc1Oc1ccc(C(F)(F)CO)cc1. The number of alkyl halides is 2. The van der Waals surface area contributed by atoms with Crippen LogP contribution in [0, 0.1) is 0 Å². The van der Waals surface area contributed by atoms with Crippen LogP contribution < -0.4 is 9.47 Å². The molecule has 3 aromatic rings. The van der Waals surface area contributed by atoms with E-state index in [2.05, 4.69) is 9.97 Å². The Balaban J connectivity index is 1.92. The van der Waals surface area contributed by atoms with Crippen molar-refractivity contribution >= 4 is 0 Å². The van der Waals surface area contributed by atoms with Gasteiger partial charge in [0, 0.05) is 29.1 Å². The van der Waals surface area contributed by atoms with Crippen molar-refractivity contribution in [2.75, 3.05) is 13.7 Å². The standard InChI is InChI=1S/C19H16F2N2O3/c1-25-17-15(4-2-10-22-17)16-5-3-11-23-18(16)26-14-8-6-13(7-9-14)19(20,21)12-24/h2-11,24H,12H2,1H3. The summed E-state index contributed by atoms with van der Waals surface area (Å²) in [6, 6.07) is 12.4. The summed E-state index contributed by atoms with van der Waals surface area (Å²) in [4.78, 5) is 8.38. The number of nitrogens with zero attached hydrogens (tertiary/aromatic N) is 2. The normalized spacial score (nSPS) is 11.2. The van der Waals surface area contributed by atoms with Gasteiger partial charge in [-0.25, -0.2) is 9.97 Å². The van der Waals surface area contributed by atoms with E-state index in [9.17, 15) is 8.78 Å². The third kappa shape index (κ3) is 3.62. The molecule has 0 radical (unpaired) electrons. The van der Waals surface area contributed by atoms with Gasteiger partial charge in [0.1, 0.15) is 12.4 Å². The number of hydrogen-bond acceptors (Lipinski definition) is 5. The van der Waals surface area contributed by atoms with E-state index in [1.807, 2.05) is 6.07 Å². The van der Waals surface area contributed by atoms with Crippen LogP contribution in [0.5, 0.6) is 17.5 Å². The van der Waals surface area contributed by atoms with E-state index in [1.165, 1.54) is 31.4 Å². The first-order chi connectivity index (χ1) is 12.5. The van der Waals surface area contributed by atoms with Crippen LogP contribution in [-0.4, -0.2) is 28.8 Å². The lowest BCUT2D eigenvalue weighted by Crippen LogP contribution is -2.18. The van der Waals surface area contributed by atoms with Gasteiger partial charge in [-0.2, -0.15) is 8.78 Å². The third-order valence-corrected chi connectivity index (χ3v) is 3.72. The average molecular weight is 358 g/mol. The first-order valence-electron chi connectivity index (χ1n) is 7.76. The molecule has 3 rings (SSSR count). The van der Waals surface area contributed by atoms with Crippen LogP contribution in [0.2, 0.25) is 0 Å². The fraction of sp³-hybridized carbons (Fsp3) is 0.158. The van der Waals surface area contributed by atoms with Gasteiger partial charge in [0.15, 0.2) is 0 Å². The minimum absolute atomic E-state index is 0.289. The Morgan fingerprint density at radius 2 is 1.50 bits per heavy atom. The summed E-state index contributed by atoms with van der Waals surface area (Å²) in [5.41, 5.74) is 1.06. The van der Waals surface area contributed by atoms with E-state index >= 15 is 0 Å². The maximum absolute atomic E-state index is 13.5. The van der Waals surface area contributed by atoms with Crippen LogP contribution in [0.3, 0.4) is 0 Å². The quantitative estimate of drug-likeness (QED) is 0.721. The van der Waals surface area contributed by atoms with E-state index < -0.39 is 12.5 Å². The molecule has 7 heteroatoms. The number of ether oxygens (including phenoxy) is 2. The molecule has 0 spiro atoms. The molecule has 5 nitrogen and oxygen atoms in total. The van der Waals surface area contributed by atoms with Crippen LogP contribution in [0.4, 0.5) is 8.78 Å². The van der Waals surface area contributed by atoms with Gasteiger partial charge in [-0.3, -0.25) is 0 Å². The second-order valence-electron chi connectivity index (χ2n) is 5.41. The molecule has 0 unspecified atom stereocenters. The van der Waals surface area contributed by atoms with Crippen LogP contribution in [0.25, 0.3) is 11.1 Å². The second-order valence-corrected chi connectivity index (χ2v) is 5.41. The molecule has 26 heavy (non-hydrogen) atoms. The highest BCUT2D eigenvalue weighted by Gasteiger charge is 2.30. The molecular formula is C19H16F2N2O3. The smallest absolute Gasteiger partial charge is 0.295 e. The monoisotopic (exact) mass is 358 g/mol. The predicted molar refractivity (Wildman–Crippen MR) is 91.5 cm³/mol. The molecule has 0 saturated carbocycles. The molecule has 2 heterocycles. The molecule has 0 bridgehead atoms. The summed E-state index contributed by atoms with van der Waals surface area (Å²) in [5.74, 6) is -2.24. The Hall–Kier alpha value is -3.06. The van der Waals surface area contributed by atoms with E-state index in [1.54, 1.807) is 30.6 Å². The Kier molecular flexibility index (Phi) is 5.09. The number of methoxy groups -OCH3 is 1. The van der Waals surface area contributed by atoms with Gasteiger partial charge in [-0.1, -0.05) is 0 Å². The lowest BCUT2D eigenvalue weighted by atomic mass is 10.1. The molecule has 0 saturated heterocycles. The Morgan fingerprint density at radius 3 is 2.08 bits per heavy atom. The molecule has 134 valence electrons. The maximum Gasteiger partial charge on any atom is 0.295 e. The molecule has 0 aliphatic carbocycles. The number of aliphatic hydroxyl groups is 1. The van der Waals surface area contributed by atoms with Crippen molar-refractivity contribution in [2.45, 2.75) is 5.92 Å². The number of aromatic nitrogens is 2. The van der Waals surface area contributed by atoms with Crippen LogP contribution in [0.1, 0.15) is 5.56 Å². The number of aliphatic hydroxyl groups excluding tert-OH is 1. The van der Waals surface area contributed by atoms with Gasteiger partial charge in [0.2, 0.25) is 11.8 Å². The van der Waals surface area contributed by atoms with Gasteiger partial charge >= 0.3 is 0 Å². The van der Waals surface area contributed by atoms with Crippen molar-refractivity contribution < 1.29 is 23.4 Å². The molecule has 0 aliphatic heterocycles. The fourth-order valence-electron chi connectivity index (χ4n) is 2.41. The summed E-state index contributed by atoms with van der Waals surface area (Å²) in [6.45, 7) is -1.25. The zero-order chi connectivity index (χ0) is 18.6. The molecule has 0 fully saturated rings.